The lowest BCUT2D eigenvalue weighted by Crippen LogP contribution is -1.97. The van der Waals surface area contributed by atoms with Crippen LogP contribution in [0.15, 0.2) is 201 Å². The highest BCUT2D eigenvalue weighted by molar-refractivity contribution is 7.24. The summed E-state index contributed by atoms with van der Waals surface area (Å²) in [4.78, 5) is 20.0. The lowest BCUT2D eigenvalue weighted by Gasteiger charge is -2.12. The van der Waals surface area contributed by atoms with E-state index in [1.807, 2.05) is 48.0 Å². The molecule has 0 aliphatic rings. The Hall–Kier alpha value is -7.54. The van der Waals surface area contributed by atoms with Gasteiger partial charge in [-0.3, -0.25) is 9.97 Å². The van der Waals surface area contributed by atoms with Crippen LogP contribution in [-0.4, -0.2) is 24.5 Å². The summed E-state index contributed by atoms with van der Waals surface area (Å²) in [6.07, 6.45) is 7.24. The molecule has 0 atom stereocenters. The van der Waals surface area contributed by atoms with Gasteiger partial charge in [0.2, 0.25) is 0 Å². The number of nitrogens with zero attached hydrogens (tertiary/aromatic N) is 5. The molecule has 0 saturated carbocycles. The Bertz CT molecular complexity index is 3230. The quantitative estimate of drug-likeness (QED) is 0.162. The lowest BCUT2D eigenvalue weighted by molar-refractivity contribution is 1.16. The number of thiophene rings is 1. The zero-order valence-corrected chi connectivity index (χ0v) is 32.0. The van der Waals surface area contributed by atoms with Gasteiger partial charge in [0.15, 0.2) is 5.82 Å². The highest BCUT2D eigenvalue weighted by atomic mass is 32.1. The van der Waals surface area contributed by atoms with Gasteiger partial charge in [-0.2, -0.15) is 0 Å². The molecule has 5 aromatic heterocycles. The Kier molecular flexibility index (Phi) is 8.26. The van der Waals surface area contributed by atoms with E-state index in [1.165, 1.54) is 53.5 Å². The molecule has 0 unspecified atom stereocenters. The molecule has 6 aromatic carbocycles. The first kappa shape index (κ1) is 33.8. The highest BCUT2D eigenvalue weighted by Gasteiger charge is 2.22. The van der Waals surface area contributed by atoms with Crippen molar-refractivity contribution in [2.45, 2.75) is 0 Å². The highest BCUT2D eigenvalue weighted by Crippen LogP contribution is 2.49. The number of para-hydroxylation sites is 1. The number of hydrogen-bond donors (Lipinski definition) is 0. The molecule has 5 nitrogen and oxygen atoms in total. The van der Waals surface area contributed by atoms with E-state index in [2.05, 4.69) is 166 Å². The summed E-state index contributed by atoms with van der Waals surface area (Å²) in [5, 5.41) is 3.78. The van der Waals surface area contributed by atoms with E-state index in [4.69, 9.17) is 9.97 Å². The summed E-state index contributed by atoms with van der Waals surface area (Å²) >= 11 is 1.89. The second kappa shape index (κ2) is 14.2. The standard InChI is InChI=1S/C52H33N5S/c1-3-9-38(10-4-1)48-43-23-24-47-49(51(43)58-50(48)39-11-5-2-6-12-39)42-13-7-8-14-46(42)57(47)41-21-19-40(20-22-41)52-55-44(33-45(56-52)37-27-31-54-32-28-37)36-17-15-34(16-18-36)35-25-29-53-30-26-35/h1-33H. The third-order valence-corrected chi connectivity index (χ3v) is 12.1. The maximum absolute atomic E-state index is 5.15. The topological polar surface area (TPSA) is 56.5 Å². The van der Waals surface area contributed by atoms with Crippen molar-refractivity contribution in [3.8, 4) is 72.3 Å². The van der Waals surface area contributed by atoms with Gasteiger partial charge in [0, 0.05) is 78.5 Å². The van der Waals surface area contributed by atoms with Crippen LogP contribution in [0.2, 0.25) is 0 Å². The molecule has 0 amide bonds. The molecule has 58 heavy (non-hydrogen) atoms. The van der Waals surface area contributed by atoms with Crippen LogP contribution in [0.5, 0.6) is 0 Å². The molecule has 11 rings (SSSR count). The van der Waals surface area contributed by atoms with Gasteiger partial charge in [0.1, 0.15) is 0 Å². The fourth-order valence-electron chi connectivity index (χ4n) is 8.10. The number of rotatable bonds is 7. The molecule has 0 aliphatic heterocycles. The normalized spacial score (nSPS) is 11.4. The molecule has 0 saturated heterocycles. The van der Waals surface area contributed by atoms with Crippen LogP contribution in [0.3, 0.4) is 0 Å². The van der Waals surface area contributed by atoms with E-state index in [-0.39, 0.29) is 0 Å². The van der Waals surface area contributed by atoms with Crippen LogP contribution in [-0.2, 0) is 0 Å². The van der Waals surface area contributed by atoms with Crippen molar-refractivity contribution < 1.29 is 0 Å². The van der Waals surface area contributed by atoms with Crippen LogP contribution in [0.25, 0.3) is 104 Å². The number of benzene rings is 6. The van der Waals surface area contributed by atoms with Gasteiger partial charge in [0.25, 0.3) is 0 Å². The maximum atomic E-state index is 5.15. The Labute approximate surface area is 339 Å². The Morgan fingerprint density at radius 1 is 0.397 bits per heavy atom. The Morgan fingerprint density at radius 3 is 1.64 bits per heavy atom. The van der Waals surface area contributed by atoms with Gasteiger partial charge in [-0.25, -0.2) is 9.97 Å². The van der Waals surface area contributed by atoms with Crippen molar-refractivity contribution in [2.24, 2.45) is 0 Å². The van der Waals surface area contributed by atoms with Gasteiger partial charge in [-0.1, -0.05) is 109 Å². The first-order chi connectivity index (χ1) is 28.8. The maximum Gasteiger partial charge on any atom is 0.160 e. The molecule has 0 aliphatic carbocycles. The summed E-state index contributed by atoms with van der Waals surface area (Å²) in [5.74, 6) is 0.665. The van der Waals surface area contributed by atoms with Crippen LogP contribution in [0, 0.1) is 0 Å². The molecule has 272 valence electrons. The molecule has 6 heteroatoms. The van der Waals surface area contributed by atoms with Crippen LogP contribution in [0.4, 0.5) is 0 Å². The van der Waals surface area contributed by atoms with Gasteiger partial charge in [0.05, 0.1) is 22.4 Å². The van der Waals surface area contributed by atoms with Crippen molar-refractivity contribution in [3.05, 3.63) is 201 Å². The van der Waals surface area contributed by atoms with Crippen molar-refractivity contribution in [1.29, 1.82) is 0 Å². The first-order valence-electron chi connectivity index (χ1n) is 19.3. The molecule has 0 spiro atoms. The third kappa shape index (κ3) is 5.86. The summed E-state index contributed by atoms with van der Waals surface area (Å²) in [7, 11) is 0. The van der Waals surface area contributed by atoms with Crippen LogP contribution < -0.4 is 0 Å². The molecule has 5 heterocycles. The van der Waals surface area contributed by atoms with Crippen molar-refractivity contribution in [3.63, 3.8) is 0 Å². The molecule has 0 bridgehead atoms. The number of fused-ring (bicyclic) bond motifs is 5. The van der Waals surface area contributed by atoms with E-state index in [9.17, 15) is 0 Å². The number of pyridine rings is 2. The van der Waals surface area contributed by atoms with E-state index < -0.39 is 0 Å². The monoisotopic (exact) mass is 759 g/mol. The fraction of sp³-hybridized carbons (Fsp3) is 0. The van der Waals surface area contributed by atoms with Gasteiger partial charge in [-0.15, -0.1) is 11.3 Å². The van der Waals surface area contributed by atoms with Gasteiger partial charge in [-0.05, 0) is 89.0 Å². The molecule has 0 N–H and O–H groups in total. The number of hydrogen-bond acceptors (Lipinski definition) is 5. The summed E-state index contributed by atoms with van der Waals surface area (Å²) in [6.45, 7) is 0. The van der Waals surface area contributed by atoms with Crippen LogP contribution >= 0.6 is 11.3 Å². The van der Waals surface area contributed by atoms with Crippen LogP contribution in [0.1, 0.15) is 0 Å². The average molecular weight is 760 g/mol. The van der Waals surface area contributed by atoms with E-state index in [1.54, 1.807) is 12.4 Å². The summed E-state index contributed by atoms with van der Waals surface area (Å²) in [6, 6.07) is 62.2. The smallest absolute Gasteiger partial charge is 0.160 e. The van der Waals surface area contributed by atoms with Crippen molar-refractivity contribution in [2.75, 3.05) is 0 Å². The Morgan fingerprint density at radius 2 is 0.948 bits per heavy atom. The zero-order chi connectivity index (χ0) is 38.4. The molecule has 11 aromatic rings. The summed E-state index contributed by atoms with van der Waals surface area (Å²) < 4.78 is 3.69. The fourth-order valence-corrected chi connectivity index (χ4v) is 9.49. The molecule has 0 fully saturated rings. The van der Waals surface area contributed by atoms with Gasteiger partial charge >= 0.3 is 0 Å². The SMILES string of the molecule is c1ccc(-c2sc3c(ccc4c3c3ccccc3n4-c3ccc(-c4nc(-c5ccncc5)cc(-c5ccc(-c6ccncc6)cc5)n4)cc3)c2-c2ccccc2)cc1. The third-order valence-electron chi connectivity index (χ3n) is 10.9. The van der Waals surface area contributed by atoms with Crippen molar-refractivity contribution in [1.82, 2.24) is 24.5 Å². The van der Waals surface area contributed by atoms with E-state index >= 15 is 0 Å². The van der Waals surface area contributed by atoms with E-state index in [0.29, 0.717) is 5.82 Å². The summed E-state index contributed by atoms with van der Waals surface area (Å²) in [5.41, 5.74) is 14.1. The minimum Gasteiger partial charge on any atom is -0.309 e. The zero-order valence-electron chi connectivity index (χ0n) is 31.2. The first-order valence-corrected chi connectivity index (χ1v) is 20.1. The average Bonchev–Trinajstić information content (AvgIpc) is 3.87. The molecular formula is C52H33N5S. The second-order valence-corrected chi connectivity index (χ2v) is 15.3. The largest absolute Gasteiger partial charge is 0.309 e. The Balaban J connectivity index is 1.04. The minimum atomic E-state index is 0.665. The predicted octanol–water partition coefficient (Wildman–Crippen LogP) is 13.6. The van der Waals surface area contributed by atoms with E-state index in [0.717, 1.165) is 44.9 Å². The lowest BCUT2D eigenvalue weighted by atomic mass is 9.98. The predicted molar refractivity (Wildman–Crippen MR) is 240 cm³/mol. The van der Waals surface area contributed by atoms with Gasteiger partial charge < -0.3 is 4.57 Å². The van der Waals surface area contributed by atoms with Crippen molar-refractivity contribution >= 4 is 43.2 Å². The molecular weight excluding hydrogens is 727 g/mol. The molecule has 0 radical (unpaired) electrons. The number of aromatic nitrogens is 5. The second-order valence-electron chi connectivity index (χ2n) is 14.3. The minimum absolute atomic E-state index is 0.665.